The van der Waals surface area contributed by atoms with E-state index >= 15 is 0 Å². The van der Waals surface area contributed by atoms with Crippen LogP contribution >= 0.6 is 0 Å². The van der Waals surface area contributed by atoms with Crippen molar-refractivity contribution in [3.8, 4) is 0 Å². The zero-order chi connectivity index (χ0) is 23.5. The van der Waals surface area contributed by atoms with Crippen LogP contribution in [0.5, 0.6) is 0 Å². The zero-order valence-corrected chi connectivity index (χ0v) is 18.5. The van der Waals surface area contributed by atoms with Gasteiger partial charge in [-0.3, -0.25) is 9.59 Å². The van der Waals surface area contributed by atoms with Gasteiger partial charge in [0.2, 0.25) is 0 Å². The summed E-state index contributed by atoms with van der Waals surface area (Å²) in [5.74, 6) is -3.68. The van der Waals surface area contributed by atoms with E-state index in [0.29, 0.717) is 19.1 Å². The Kier molecular flexibility index (Phi) is 7.59. The molecule has 1 fully saturated rings. The maximum absolute atomic E-state index is 12.5. The molecule has 0 radical (unpaired) electrons. The van der Waals surface area contributed by atoms with Crippen molar-refractivity contribution in [1.29, 1.82) is 0 Å². The monoisotopic (exact) mass is 434 g/mol. The molecule has 170 valence electrons. The van der Waals surface area contributed by atoms with Crippen LogP contribution in [0.25, 0.3) is 0 Å². The van der Waals surface area contributed by atoms with Crippen molar-refractivity contribution in [1.82, 2.24) is 0 Å². The van der Waals surface area contributed by atoms with Gasteiger partial charge in [0.15, 0.2) is 17.8 Å². The molecule has 8 heteroatoms. The van der Waals surface area contributed by atoms with Gasteiger partial charge in [-0.2, -0.15) is 0 Å². The summed E-state index contributed by atoms with van der Waals surface area (Å²) < 4.78 is 16.6. The van der Waals surface area contributed by atoms with E-state index in [2.05, 4.69) is 6.58 Å². The summed E-state index contributed by atoms with van der Waals surface area (Å²) in [7, 11) is 0. The molecule has 2 rings (SSSR count). The van der Waals surface area contributed by atoms with Gasteiger partial charge in [0.1, 0.15) is 12.4 Å². The van der Waals surface area contributed by atoms with Gasteiger partial charge in [-0.25, -0.2) is 9.59 Å². The number of ether oxygens (including phenoxy) is 3. The lowest BCUT2D eigenvalue weighted by molar-refractivity contribution is -0.181. The molecule has 0 aromatic heterocycles. The lowest BCUT2D eigenvalue weighted by Crippen LogP contribution is -2.48. The van der Waals surface area contributed by atoms with Crippen LogP contribution < -0.4 is 0 Å². The molecule has 0 unspecified atom stereocenters. The Balaban J connectivity index is 2.65. The van der Waals surface area contributed by atoms with Crippen LogP contribution in [0.4, 0.5) is 0 Å². The Morgan fingerprint density at radius 2 is 1.97 bits per heavy atom. The Labute approximate surface area is 181 Å². The Morgan fingerprint density at radius 3 is 2.52 bits per heavy atom. The second-order valence-electron chi connectivity index (χ2n) is 8.74. The van der Waals surface area contributed by atoms with Crippen LogP contribution in [0.15, 0.2) is 35.5 Å². The van der Waals surface area contributed by atoms with Gasteiger partial charge in [-0.15, -0.1) is 0 Å². The van der Waals surface area contributed by atoms with E-state index in [-0.39, 0.29) is 11.1 Å². The van der Waals surface area contributed by atoms with Crippen LogP contribution in [-0.2, 0) is 33.4 Å². The number of hydrogen-bond acceptors (Lipinski definition) is 8. The quantitative estimate of drug-likeness (QED) is 0.230. The fourth-order valence-corrected chi connectivity index (χ4v) is 3.37. The van der Waals surface area contributed by atoms with Crippen molar-refractivity contribution in [3.63, 3.8) is 0 Å². The highest BCUT2D eigenvalue weighted by Crippen LogP contribution is 2.37. The third kappa shape index (κ3) is 5.70. The maximum Gasteiger partial charge on any atom is 0.338 e. The van der Waals surface area contributed by atoms with Crippen molar-refractivity contribution in [2.45, 2.75) is 71.4 Å². The fraction of sp³-hybridized carbons (Fsp3) is 0.565. The second kappa shape index (κ2) is 9.60. The van der Waals surface area contributed by atoms with Gasteiger partial charge in [0.25, 0.3) is 0 Å². The predicted molar refractivity (Wildman–Crippen MR) is 111 cm³/mol. The molecule has 1 aliphatic carbocycles. The number of carbonyl (C=O) groups is 4. The second-order valence-corrected chi connectivity index (χ2v) is 8.74. The van der Waals surface area contributed by atoms with Crippen molar-refractivity contribution in [2.24, 2.45) is 11.8 Å². The maximum atomic E-state index is 12.5. The van der Waals surface area contributed by atoms with Crippen molar-refractivity contribution in [2.75, 3.05) is 0 Å². The molecule has 1 aliphatic heterocycles. The molecule has 8 nitrogen and oxygen atoms in total. The highest BCUT2D eigenvalue weighted by atomic mass is 16.6. The molecular formula is C23H30O8. The van der Waals surface area contributed by atoms with E-state index in [1.807, 2.05) is 6.92 Å². The Morgan fingerprint density at radius 1 is 1.32 bits per heavy atom. The number of aliphatic hydroxyl groups is 1. The summed E-state index contributed by atoms with van der Waals surface area (Å²) in [4.78, 5) is 49.3. The average Bonchev–Trinajstić information content (AvgIpc) is 2.93. The molecular weight excluding hydrogens is 404 g/mol. The van der Waals surface area contributed by atoms with E-state index in [1.54, 1.807) is 26.0 Å². The van der Waals surface area contributed by atoms with Crippen molar-refractivity contribution < 1.29 is 38.5 Å². The van der Waals surface area contributed by atoms with E-state index in [9.17, 15) is 24.3 Å². The first-order valence-electron chi connectivity index (χ1n) is 10.2. The summed E-state index contributed by atoms with van der Waals surface area (Å²) in [5, 5.41) is 10.1. The first-order valence-corrected chi connectivity index (χ1v) is 10.2. The fourth-order valence-electron chi connectivity index (χ4n) is 3.37. The average molecular weight is 434 g/mol. The van der Waals surface area contributed by atoms with Gasteiger partial charge in [-0.1, -0.05) is 32.1 Å². The van der Waals surface area contributed by atoms with Crippen molar-refractivity contribution >= 4 is 24.2 Å². The summed E-state index contributed by atoms with van der Waals surface area (Å²) >= 11 is 0. The van der Waals surface area contributed by atoms with E-state index < -0.39 is 53.7 Å². The van der Waals surface area contributed by atoms with Crippen LogP contribution in [0.1, 0.15) is 47.5 Å². The number of rotatable bonds is 5. The molecule has 0 amide bonds. The highest BCUT2D eigenvalue weighted by molar-refractivity contribution is 5.91. The number of esters is 3. The third-order valence-electron chi connectivity index (χ3n) is 5.20. The molecule has 1 heterocycles. The summed E-state index contributed by atoms with van der Waals surface area (Å²) in [5.41, 5.74) is -0.824. The zero-order valence-electron chi connectivity index (χ0n) is 18.5. The smallest absolute Gasteiger partial charge is 0.338 e. The van der Waals surface area contributed by atoms with Crippen LogP contribution in [0, 0.1) is 11.8 Å². The number of aldehydes is 1. The summed E-state index contributed by atoms with van der Waals surface area (Å²) in [6, 6.07) is 0. The molecule has 0 aromatic carbocycles. The van der Waals surface area contributed by atoms with Gasteiger partial charge >= 0.3 is 17.9 Å². The minimum Gasteiger partial charge on any atom is -0.457 e. The predicted octanol–water partition coefficient (Wildman–Crippen LogP) is 2.20. The Hall–Kier alpha value is -2.74. The van der Waals surface area contributed by atoms with E-state index in [1.165, 1.54) is 13.8 Å². The van der Waals surface area contributed by atoms with Crippen LogP contribution in [0.2, 0.25) is 0 Å². The minimum absolute atomic E-state index is 0.0470. The van der Waals surface area contributed by atoms with E-state index in [0.717, 1.165) is 5.57 Å². The summed E-state index contributed by atoms with van der Waals surface area (Å²) in [6.07, 6.45) is 1.48. The van der Waals surface area contributed by atoms with Gasteiger partial charge in [0, 0.05) is 11.1 Å². The van der Waals surface area contributed by atoms with Crippen LogP contribution in [-0.4, -0.2) is 53.2 Å². The molecule has 2 aliphatic rings. The first-order chi connectivity index (χ1) is 14.4. The number of allylic oxidation sites excluding steroid dienone is 2. The van der Waals surface area contributed by atoms with Gasteiger partial charge in [0.05, 0.1) is 11.8 Å². The highest BCUT2D eigenvalue weighted by Gasteiger charge is 2.50. The SMILES string of the molecule is C=C1C(=O)O[C@@H]2/C=C(/C)CC/C=C(/C=O)[C@H](OC(=O)C(C)(C)O)[C@@H](OC(=O)C(C)C)[C@@H]12. The normalized spacial score (nSPS) is 30.3. The number of hydrogen-bond donors (Lipinski definition) is 1. The van der Waals surface area contributed by atoms with Crippen molar-refractivity contribution in [3.05, 3.63) is 35.5 Å². The molecule has 1 N–H and O–H groups in total. The van der Waals surface area contributed by atoms with Gasteiger partial charge < -0.3 is 19.3 Å². The largest absolute Gasteiger partial charge is 0.457 e. The summed E-state index contributed by atoms with van der Waals surface area (Å²) in [6.45, 7) is 11.4. The number of fused-ring (bicyclic) bond motifs is 1. The lowest BCUT2D eigenvalue weighted by Gasteiger charge is -2.34. The first kappa shape index (κ1) is 24.5. The van der Waals surface area contributed by atoms with E-state index in [4.69, 9.17) is 14.2 Å². The molecule has 0 bridgehead atoms. The Bertz CT molecular complexity index is 827. The van der Waals surface area contributed by atoms with Gasteiger partial charge in [-0.05, 0) is 39.7 Å². The molecule has 1 saturated heterocycles. The molecule has 0 spiro atoms. The minimum atomic E-state index is -1.86. The molecule has 0 saturated carbocycles. The number of carbonyl (C=O) groups excluding carboxylic acids is 4. The van der Waals surface area contributed by atoms with Crippen LogP contribution in [0.3, 0.4) is 0 Å². The molecule has 4 atom stereocenters. The topological polar surface area (TPSA) is 116 Å². The standard InChI is InChI=1S/C23H30O8/c1-12(2)20(25)30-19-17-14(4)21(26)29-16(17)10-13(3)8-7-9-15(11-24)18(19)31-22(27)23(5,6)28/h9-12,16-19,28H,4,7-8H2,1-3,5-6H3/b13-10-,15-9-/t16-,17+,18+,19+/m1/s1. The lowest BCUT2D eigenvalue weighted by atomic mass is 9.83. The third-order valence-corrected chi connectivity index (χ3v) is 5.20. The molecule has 31 heavy (non-hydrogen) atoms. The molecule has 0 aromatic rings.